The fourth-order valence-electron chi connectivity index (χ4n) is 6.13. The second-order valence-corrected chi connectivity index (χ2v) is 12.9. The summed E-state index contributed by atoms with van der Waals surface area (Å²) in [5.74, 6) is -2.17. The van der Waals surface area contributed by atoms with Crippen LogP contribution >= 0.6 is 11.6 Å². The largest absolute Gasteiger partial charge is 0.489 e. The summed E-state index contributed by atoms with van der Waals surface area (Å²) in [7, 11) is -4.26. The number of rotatable bonds is 8. The van der Waals surface area contributed by atoms with Gasteiger partial charge in [0.25, 0.3) is 0 Å². The van der Waals surface area contributed by atoms with Crippen LogP contribution in [0.25, 0.3) is 0 Å². The van der Waals surface area contributed by atoms with Crippen molar-refractivity contribution in [2.24, 2.45) is 11.3 Å². The summed E-state index contributed by atoms with van der Waals surface area (Å²) in [5.41, 5.74) is -0.735. The summed E-state index contributed by atoms with van der Waals surface area (Å²) in [6, 6.07) is 7.62. The smallest absolute Gasteiger partial charge is 0.189 e. The first kappa shape index (κ1) is 28.2. The number of Topliss-reactive ketones (excluding diaryl/α,β-unsaturated/α-hetero) is 1. The molecule has 0 spiro atoms. The van der Waals surface area contributed by atoms with E-state index in [1.807, 2.05) is 6.92 Å². The maximum absolute atomic E-state index is 15.5. The number of benzene rings is 2. The van der Waals surface area contributed by atoms with Crippen LogP contribution in [0.3, 0.4) is 0 Å². The highest BCUT2D eigenvalue weighted by atomic mass is 35.5. The van der Waals surface area contributed by atoms with Gasteiger partial charge in [-0.25, -0.2) is 17.2 Å². The van der Waals surface area contributed by atoms with Crippen LogP contribution in [-0.4, -0.2) is 20.8 Å². The number of carbonyl (C=O) groups excluding carboxylic acids is 1. The van der Waals surface area contributed by atoms with E-state index in [-0.39, 0.29) is 47.4 Å². The summed E-state index contributed by atoms with van der Waals surface area (Å²) in [4.78, 5) is 13.1. The van der Waals surface area contributed by atoms with E-state index in [2.05, 4.69) is 6.58 Å². The summed E-state index contributed by atoms with van der Waals surface area (Å²) in [6.45, 7) is 7.15. The molecule has 1 aliphatic heterocycles. The first-order valence-electron chi connectivity index (χ1n) is 12.6. The van der Waals surface area contributed by atoms with Crippen molar-refractivity contribution in [2.45, 2.75) is 55.6 Å². The fourth-order valence-corrected chi connectivity index (χ4v) is 8.79. The maximum atomic E-state index is 15.5. The summed E-state index contributed by atoms with van der Waals surface area (Å²) >= 11 is 6.01. The minimum atomic E-state index is -4.26. The Bertz CT molecular complexity index is 1410. The number of carbonyl (C=O) groups is 1. The zero-order valence-electron chi connectivity index (χ0n) is 21.5. The predicted octanol–water partition coefficient (Wildman–Crippen LogP) is 7.52. The van der Waals surface area contributed by atoms with E-state index in [0.717, 1.165) is 12.1 Å². The lowest BCUT2D eigenvalue weighted by molar-refractivity contribution is -0.117. The molecule has 0 unspecified atom stereocenters. The van der Waals surface area contributed by atoms with Gasteiger partial charge < -0.3 is 4.74 Å². The summed E-state index contributed by atoms with van der Waals surface area (Å²) in [5, 5.41) is 0.360. The molecule has 2 aromatic rings. The lowest BCUT2D eigenvalue weighted by Crippen LogP contribution is -2.59. The van der Waals surface area contributed by atoms with Crippen molar-refractivity contribution >= 4 is 27.2 Å². The number of ether oxygens (including phenoxy) is 1. The number of hydrogen-bond acceptors (Lipinski definition) is 4. The topological polar surface area (TPSA) is 60.4 Å². The fraction of sp³-hybridized carbons (Fsp3) is 0.367. The van der Waals surface area contributed by atoms with Gasteiger partial charge >= 0.3 is 0 Å². The zero-order valence-corrected chi connectivity index (χ0v) is 23.0. The Morgan fingerprint density at radius 2 is 1.84 bits per heavy atom. The SMILES string of the molecule is C=C/C=C\C=C(/CC)C(=O)C[C@H]1CC[C@]2(S(=O)(=O)c3ccc(Cl)cc3)c3c(F)ccc(F)c3OC[C@]2(C)C1. The monoisotopic (exact) mass is 560 g/mol. The van der Waals surface area contributed by atoms with Crippen molar-refractivity contribution in [2.75, 3.05) is 6.61 Å². The highest BCUT2D eigenvalue weighted by Crippen LogP contribution is 2.63. The van der Waals surface area contributed by atoms with Gasteiger partial charge in [-0.2, -0.15) is 0 Å². The third kappa shape index (κ3) is 4.64. The maximum Gasteiger partial charge on any atom is 0.189 e. The molecule has 0 N–H and O–H groups in total. The second kappa shape index (κ2) is 10.8. The average molecular weight is 561 g/mol. The molecule has 1 fully saturated rings. The highest BCUT2D eigenvalue weighted by molar-refractivity contribution is 7.92. The van der Waals surface area contributed by atoms with Crippen LogP contribution in [0.4, 0.5) is 8.78 Å². The number of ketones is 1. The molecule has 1 saturated carbocycles. The Balaban J connectivity index is 1.80. The minimum absolute atomic E-state index is 0.0165. The molecule has 0 bridgehead atoms. The highest BCUT2D eigenvalue weighted by Gasteiger charge is 2.65. The van der Waals surface area contributed by atoms with Crippen molar-refractivity contribution < 1.29 is 26.7 Å². The lowest BCUT2D eigenvalue weighted by atomic mass is 9.59. The molecule has 38 heavy (non-hydrogen) atoms. The Morgan fingerprint density at radius 3 is 2.50 bits per heavy atom. The van der Waals surface area contributed by atoms with Crippen LogP contribution in [-0.2, 0) is 19.4 Å². The first-order chi connectivity index (χ1) is 18.0. The second-order valence-electron chi connectivity index (χ2n) is 10.3. The molecule has 0 saturated heterocycles. The average Bonchev–Trinajstić information content (AvgIpc) is 2.88. The third-order valence-corrected chi connectivity index (χ3v) is 10.9. The molecule has 0 aromatic heterocycles. The summed E-state index contributed by atoms with van der Waals surface area (Å²) in [6.07, 6.45) is 8.34. The number of allylic oxidation sites excluding steroid dienone is 5. The molecule has 1 aliphatic carbocycles. The molecule has 2 aromatic carbocycles. The van der Waals surface area contributed by atoms with Crippen LogP contribution in [0.5, 0.6) is 5.75 Å². The molecular weight excluding hydrogens is 530 g/mol. The Kier molecular flexibility index (Phi) is 8.01. The van der Waals surface area contributed by atoms with E-state index in [1.165, 1.54) is 24.3 Å². The van der Waals surface area contributed by atoms with Gasteiger partial charge in [0.15, 0.2) is 27.2 Å². The quantitative estimate of drug-likeness (QED) is 0.247. The molecule has 8 heteroatoms. The molecule has 0 amide bonds. The Labute approximate surface area is 228 Å². The summed E-state index contributed by atoms with van der Waals surface area (Å²) < 4.78 is 63.3. The Morgan fingerprint density at radius 1 is 1.16 bits per heavy atom. The van der Waals surface area contributed by atoms with Crippen molar-refractivity contribution in [3.05, 3.63) is 95.1 Å². The van der Waals surface area contributed by atoms with E-state index < -0.39 is 31.6 Å². The van der Waals surface area contributed by atoms with Crippen molar-refractivity contribution in [1.29, 1.82) is 0 Å². The number of halogens is 3. The van der Waals surface area contributed by atoms with E-state index in [9.17, 15) is 17.6 Å². The molecule has 4 nitrogen and oxygen atoms in total. The van der Waals surface area contributed by atoms with Gasteiger partial charge in [0.05, 0.1) is 17.1 Å². The number of sulfone groups is 1. The number of hydrogen-bond donors (Lipinski definition) is 0. The van der Waals surface area contributed by atoms with Crippen LogP contribution in [0, 0.1) is 23.0 Å². The van der Waals surface area contributed by atoms with Gasteiger partial charge in [0, 0.05) is 16.9 Å². The third-order valence-electron chi connectivity index (χ3n) is 7.96. The first-order valence-corrected chi connectivity index (χ1v) is 14.5. The van der Waals surface area contributed by atoms with Gasteiger partial charge in [0.1, 0.15) is 10.6 Å². The van der Waals surface area contributed by atoms with E-state index in [4.69, 9.17) is 16.3 Å². The van der Waals surface area contributed by atoms with Crippen LogP contribution in [0.1, 0.15) is 51.5 Å². The van der Waals surface area contributed by atoms with Crippen molar-refractivity contribution in [3.63, 3.8) is 0 Å². The van der Waals surface area contributed by atoms with Gasteiger partial charge in [-0.15, -0.1) is 0 Å². The van der Waals surface area contributed by atoms with Crippen LogP contribution < -0.4 is 4.74 Å². The van der Waals surface area contributed by atoms with Gasteiger partial charge in [0.2, 0.25) is 0 Å². The zero-order chi connectivity index (χ0) is 27.7. The van der Waals surface area contributed by atoms with Crippen LogP contribution in [0.15, 0.2) is 77.7 Å². The van der Waals surface area contributed by atoms with E-state index >= 15 is 4.39 Å². The Hall–Kier alpha value is -2.77. The minimum Gasteiger partial charge on any atom is -0.489 e. The van der Waals surface area contributed by atoms with Crippen molar-refractivity contribution in [3.8, 4) is 5.75 Å². The predicted molar refractivity (Wildman–Crippen MR) is 145 cm³/mol. The molecule has 2 aliphatic rings. The van der Waals surface area contributed by atoms with E-state index in [1.54, 1.807) is 31.2 Å². The van der Waals surface area contributed by atoms with Gasteiger partial charge in [-0.05, 0) is 73.6 Å². The molecular formula is C30H31ClF2O4S. The molecule has 4 rings (SSSR count). The molecule has 1 heterocycles. The van der Waals surface area contributed by atoms with Crippen molar-refractivity contribution in [1.82, 2.24) is 0 Å². The standard InChI is InChI=1S/C30H31ClF2O4S/c1-4-6-7-8-21(5-2)26(34)17-20-15-16-30(38(35,36)23-11-9-22(31)10-12-23)27-24(32)13-14-25(33)28(27)37-19-29(30,3)18-20/h4,6-14,20H,1,5,15-19H2,2-3H3/b7-6-,21-8+/t20-,29+,30+/m1/s1. The molecule has 202 valence electrons. The van der Waals surface area contributed by atoms with E-state index in [0.29, 0.717) is 29.9 Å². The van der Waals surface area contributed by atoms with Gasteiger partial charge in [-0.1, -0.05) is 56.3 Å². The van der Waals surface area contributed by atoms with Gasteiger partial charge in [-0.3, -0.25) is 4.79 Å². The number of fused-ring (bicyclic) bond motifs is 3. The molecule has 3 atom stereocenters. The van der Waals surface area contributed by atoms with Crippen LogP contribution in [0.2, 0.25) is 5.02 Å². The normalized spacial score (nSPS) is 25.4. The molecule has 0 radical (unpaired) electrons. The lowest BCUT2D eigenvalue weighted by Gasteiger charge is -2.55.